The maximum Gasteiger partial charge on any atom is 0.331 e. The van der Waals surface area contributed by atoms with Crippen LogP contribution in [0, 0.1) is 0 Å². The van der Waals surface area contributed by atoms with Crippen molar-refractivity contribution in [2.75, 3.05) is 6.54 Å². The van der Waals surface area contributed by atoms with Gasteiger partial charge in [-0.05, 0) is 31.5 Å². The van der Waals surface area contributed by atoms with Crippen molar-refractivity contribution >= 4 is 10.9 Å². The van der Waals surface area contributed by atoms with Crippen LogP contribution in [-0.2, 0) is 13.6 Å². The molecule has 6 nitrogen and oxygen atoms in total. The van der Waals surface area contributed by atoms with E-state index in [1.807, 2.05) is 0 Å². The molecule has 2 heterocycles. The molecular weight excluding hydrogens is 270 g/mol. The molecule has 3 rings (SSSR count). The lowest BCUT2D eigenvalue weighted by Crippen LogP contribution is -2.46. The van der Waals surface area contributed by atoms with Crippen molar-refractivity contribution in [2.45, 2.75) is 31.8 Å². The van der Waals surface area contributed by atoms with E-state index in [0.717, 1.165) is 25.8 Å². The summed E-state index contributed by atoms with van der Waals surface area (Å²) in [6.45, 7) is 1.32. The zero-order chi connectivity index (χ0) is 15.0. The Bertz CT molecular complexity index is 785. The predicted molar refractivity (Wildman–Crippen MR) is 80.8 cm³/mol. The standard InChI is InChI=1S/C15H19N3O3/c1-17-13-8-11(19)5-6-12(13)14(20)18(15(17)21)9-10-4-2-3-7-16-10/h5-6,8,10,16,19H,2-4,7,9H2,1H3. The predicted octanol–water partition coefficient (Wildman–Crippen LogP) is 0.548. The van der Waals surface area contributed by atoms with Crippen molar-refractivity contribution in [3.8, 4) is 5.75 Å². The van der Waals surface area contributed by atoms with E-state index in [4.69, 9.17) is 0 Å². The van der Waals surface area contributed by atoms with Gasteiger partial charge in [-0.25, -0.2) is 4.79 Å². The Morgan fingerprint density at radius 1 is 1.33 bits per heavy atom. The maximum absolute atomic E-state index is 12.5. The van der Waals surface area contributed by atoms with Crippen LogP contribution in [0.2, 0.25) is 0 Å². The third-order valence-corrected chi connectivity index (χ3v) is 4.15. The molecule has 1 aliphatic heterocycles. The molecular formula is C15H19N3O3. The van der Waals surface area contributed by atoms with Crippen molar-refractivity contribution in [1.29, 1.82) is 0 Å². The minimum absolute atomic E-state index is 0.0450. The monoisotopic (exact) mass is 289 g/mol. The second kappa shape index (κ2) is 5.37. The normalized spacial score (nSPS) is 19.0. The zero-order valence-electron chi connectivity index (χ0n) is 12.0. The van der Waals surface area contributed by atoms with Gasteiger partial charge in [-0.2, -0.15) is 0 Å². The van der Waals surface area contributed by atoms with Crippen LogP contribution in [0.1, 0.15) is 19.3 Å². The topological polar surface area (TPSA) is 76.3 Å². The van der Waals surface area contributed by atoms with E-state index in [0.29, 0.717) is 17.4 Å². The molecule has 1 unspecified atom stereocenters. The van der Waals surface area contributed by atoms with Crippen molar-refractivity contribution in [1.82, 2.24) is 14.5 Å². The summed E-state index contributed by atoms with van der Waals surface area (Å²) in [5, 5.41) is 13.3. The molecule has 1 fully saturated rings. The van der Waals surface area contributed by atoms with E-state index in [9.17, 15) is 14.7 Å². The number of rotatable bonds is 2. The largest absolute Gasteiger partial charge is 0.508 e. The van der Waals surface area contributed by atoms with Crippen LogP contribution in [0.25, 0.3) is 10.9 Å². The molecule has 21 heavy (non-hydrogen) atoms. The fourth-order valence-electron chi connectivity index (χ4n) is 2.96. The van der Waals surface area contributed by atoms with Crippen LogP contribution >= 0.6 is 0 Å². The van der Waals surface area contributed by atoms with E-state index in [2.05, 4.69) is 5.32 Å². The van der Waals surface area contributed by atoms with Crippen molar-refractivity contribution < 1.29 is 5.11 Å². The molecule has 0 spiro atoms. The number of aromatic nitrogens is 2. The van der Waals surface area contributed by atoms with Gasteiger partial charge in [-0.1, -0.05) is 6.42 Å². The third-order valence-electron chi connectivity index (χ3n) is 4.15. The molecule has 1 aliphatic rings. The SMILES string of the molecule is Cn1c(=O)n(CC2CCCCN2)c(=O)c2ccc(O)cc21. The second-order valence-electron chi connectivity index (χ2n) is 5.61. The highest BCUT2D eigenvalue weighted by atomic mass is 16.3. The van der Waals surface area contributed by atoms with Crippen LogP contribution in [0.4, 0.5) is 0 Å². The molecule has 0 radical (unpaired) electrons. The number of phenolic OH excluding ortho intramolecular Hbond substituents is 1. The van der Waals surface area contributed by atoms with Crippen molar-refractivity contribution in [3.63, 3.8) is 0 Å². The third kappa shape index (κ3) is 2.47. The molecule has 0 bridgehead atoms. The summed E-state index contributed by atoms with van der Waals surface area (Å²) in [6, 6.07) is 4.65. The Balaban J connectivity index is 2.12. The molecule has 0 aliphatic carbocycles. The van der Waals surface area contributed by atoms with Crippen LogP contribution in [0.15, 0.2) is 27.8 Å². The highest BCUT2D eigenvalue weighted by molar-refractivity contribution is 5.79. The first-order chi connectivity index (χ1) is 10.1. The van der Waals surface area contributed by atoms with Gasteiger partial charge in [0, 0.05) is 25.7 Å². The minimum Gasteiger partial charge on any atom is -0.508 e. The first kappa shape index (κ1) is 13.9. The number of aryl methyl sites for hydroxylation is 1. The summed E-state index contributed by atoms with van der Waals surface area (Å²) in [5.41, 5.74) is -0.177. The minimum atomic E-state index is -0.342. The van der Waals surface area contributed by atoms with Gasteiger partial charge in [0.2, 0.25) is 0 Å². The Kier molecular flexibility index (Phi) is 3.55. The quantitative estimate of drug-likeness (QED) is 0.846. The van der Waals surface area contributed by atoms with E-state index in [1.54, 1.807) is 13.1 Å². The van der Waals surface area contributed by atoms with Crippen LogP contribution in [0.5, 0.6) is 5.75 Å². The number of hydrogen-bond donors (Lipinski definition) is 2. The van der Waals surface area contributed by atoms with E-state index in [1.165, 1.54) is 21.3 Å². The average Bonchev–Trinajstić information content (AvgIpc) is 2.50. The summed E-state index contributed by atoms with van der Waals surface area (Å²) < 4.78 is 2.71. The van der Waals surface area contributed by atoms with Gasteiger partial charge < -0.3 is 10.4 Å². The Labute approximate surface area is 121 Å². The van der Waals surface area contributed by atoms with E-state index in [-0.39, 0.29) is 23.0 Å². The van der Waals surface area contributed by atoms with Crippen LogP contribution in [0.3, 0.4) is 0 Å². The first-order valence-corrected chi connectivity index (χ1v) is 7.24. The highest BCUT2D eigenvalue weighted by Crippen LogP contribution is 2.15. The summed E-state index contributed by atoms with van der Waals surface area (Å²) in [4.78, 5) is 24.9. The lowest BCUT2D eigenvalue weighted by atomic mass is 10.1. The fraction of sp³-hybridized carbons (Fsp3) is 0.467. The van der Waals surface area contributed by atoms with Crippen molar-refractivity contribution in [3.05, 3.63) is 39.0 Å². The fourth-order valence-corrected chi connectivity index (χ4v) is 2.96. The molecule has 6 heteroatoms. The summed E-state index contributed by atoms with van der Waals surface area (Å²) in [6.07, 6.45) is 3.23. The number of nitrogens with zero attached hydrogens (tertiary/aromatic N) is 2. The van der Waals surface area contributed by atoms with Crippen LogP contribution in [-0.4, -0.2) is 26.8 Å². The van der Waals surface area contributed by atoms with Gasteiger partial charge in [-0.15, -0.1) is 0 Å². The lowest BCUT2D eigenvalue weighted by Gasteiger charge is -2.24. The average molecular weight is 289 g/mol. The summed E-state index contributed by atoms with van der Waals surface area (Å²) in [7, 11) is 1.62. The second-order valence-corrected chi connectivity index (χ2v) is 5.61. The molecule has 1 saturated heterocycles. The molecule has 0 saturated carbocycles. The lowest BCUT2D eigenvalue weighted by molar-refractivity contribution is 0.353. The highest BCUT2D eigenvalue weighted by Gasteiger charge is 2.17. The van der Waals surface area contributed by atoms with Gasteiger partial charge in [0.15, 0.2) is 0 Å². The van der Waals surface area contributed by atoms with Crippen LogP contribution < -0.4 is 16.6 Å². The molecule has 1 atom stereocenters. The molecule has 0 amide bonds. The maximum atomic E-state index is 12.5. The summed E-state index contributed by atoms with van der Waals surface area (Å²) >= 11 is 0. The van der Waals surface area contributed by atoms with Gasteiger partial charge in [0.1, 0.15) is 5.75 Å². The number of phenols is 1. The van der Waals surface area contributed by atoms with E-state index < -0.39 is 0 Å². The Hall–Kier alpha value is -2.08. The number of benzene rings is 1. The van der Waals surface area contributed by atoms with Gasteiger partial charge >= 0.3 is 5.69 Å². The Morgan fingerprint density at radius 3 is 2.86 bits per heavy atom. The van der Waals surface area contributed by atoms with Gasteiger partial charge in [0.05, 0.1) is 10.9 Å². The van der Waals surface area contributed by atoms with Crippen molar-refractivity contribution in [2.24, 2.45) is 7.05 Å². The number of aromatic hydroxyl groups is 1. The number of piperidine rings is 1. The molecule has 112 valence electrons. The zero-order valence-corrected chi connectivity index (χ0v) is 12.0. The number of fused-ring (bicyclic) bond motifs is 1. The van der Waals surface area contributed by atoms with Gasteiger partial charge in [0.25, 0.3) is 5.56 Å². The molecule has 1 aromatic heterocycles. The molecule has 2 aromatic rings. The van der Waals surface area contributed by atoms with Gasteiger partial charge in [-0.3, -0.25) is 13.9 Å². The first-order valence-electron chi connectivity index (χ1n) is 7.24. The molecule has 1 aromatic carbocycles. The molecule has 2 N–H and O–H groups in total. The number of nitrogens with one attached hydrogen (secondary N) is 1. The number of hydrogen-bond acceptors (Lipinski definition) is 4. The summed E-state index contributed by atoms with van der Waals surface area (Å²) in [5.74, 6) is 0.0450. The Morgan fingerprint density at radius 2 is 2.14 bits per heavy atom. The van der Waals surface area contributed by atoms with E-state index >= 15 is 0 Å². The smallest absolute Gasteiger partial charge is 0.331 e.